The van der Waals surface area contributed by atoms with Gasteiger partial charge in [-0.1, -0.05) is 25.5 Å². The highest BCUT2D eigenvalue weighted by molar-refractivity contribution is 6.11. The van der Waals surface area contributed by atoms with Gasteiger partial charge in [0.2, 0.25) is 0 Å². The van der Waals surface area contributed by atoms with Crippen LogP contribution in [0.25, 0.3) is 10.9 Å². The molecule has 0 bridgehead atoms. The molecule has 2 N–H and O–H groups in total. The van der Waals surface area contributed by atoms with Gasteiger partial charge in [0.15, 0.2) is 5.78 Å². The Morgan fingerprint density at radius 1 is 1.08 bits per heavy atom. The summed E-state index contributed by atoms with van der Waals surface area (Å²) in [5.74, 6) is -0.859. The van der Waals surface area contributed by atoms with E-state index in [0.29, 0.717) is 23.1 Å². The number of aromatic nitrogens is 1. The minimum Gasteiger partial charge on any atom is -0.339 e. The summed E-state index contributed by atoms with van der Waals surface area (Å²) in [6, 6.07) is 11.7. The molecule has 7 nitrogen and oxygen atoms in total. The second kappa shape index (κ2) is 11.1. The summed E-state index contributed by atoms with van der Waals surface area (Å²) in [5, 5.41) is 9.54. The van der Waals surface area contributed by atoms with Crippen molar-refractivity contribution in [3.63, 3.8) is 0 Å². The van der Waals surface area contributed by atoms with Crippen molar-refractivity contribution in [2.45, 2.75) is 39.2 Å². The number of hydroxylamine groups is 1. The number of ketones is 1. The maximum atomic E-state index is 14.3. The lowest BCUT2D eigenvalue weighted by atomic mass is 9.84. The molecule has 8 heteroatoms. The lowest BCUT2D eigenvalue weighted by Gasteiger charge is -2.37. The highest BCUT2D eigenvalue weighted by atomic mass is 19.1. The first-order valence-corrected chi connectivity index (χ1v) is 13.3. The van der Waals surface area contributed by atoms with Gasteiger partial charge in [0.1, 0.15) is 5.82 Å². The van der Waals surface area contributed by atoms with Crippen molar-refractivity contribution in [3.8, 4) is 0 Å². The lowest BCUT2D eigenvalue weighted by molar-refractivity contribution is 0.0706. The number of fused-ring (bicyclic) bond motifs is 3. The third-order valence-corrected chi connectivity index (χ3v) is 7.91. The smallest absolute Gasteiger partial charge is 0.274 e. The molecule has 1 fully saturated rings. The third kappa shape index (κ3) is 5.32. The van der Waals surface area contributed by atoms with Crippen LogP contribution < -0.4 is 5.48 Å². The van der Waals surface area contributed by atoms with E-state index in [1.165, 1.54) is 25.0 Å². The molecule has 1 aliphatic heterocycles. The summed E-state index contributed by atoms with van der Waals surface area (Å²) in [4.78, 5) is 30.4. The summed E-state index contributed by atoms with van der Waals surface area (Å²) in [5.41, 5.74) is 5.43. The average molecular weight is 507 g/mol. The molecule has 196 valence electrons. The van der Waals surface area contributed by atoms with Crippen LogP contribution in [-0.4, -0.2) is 70.5 Å². The zero-order valence-corrected chi connectivity index (χ0v) is 21.4. The van der Waals surface area contributed by atoms with E-state index < -0.39 is 5.91 Å². The average Bonchev–Trinajstić information content (AvgIpc) is 3.22. The Bertz CT molecular complexity index is 1280. The van der Waals surface area contributed by atoms with Crippen LogP contribution in [0.4, 0.5) is 4.39 Å². The van der Waals surface area contributed by atoms with Gasteiger partial charge in [-0.15, -0.1) is 0 Å². The Hall–Kier alpha value is -3.07. The van der Waals surface area contributed by atoms with Crippen molar-refractivity contribution >= 4 is 22.6 Å². The van der Waals surface area contributed by atoms with Crippen molar-refractivity contribution in [1.82, 2.24) is 19.8 Å². The number of nitrogens with zero attached hydrogens (tertiary/aromatic N) is 3. The Morgan fingerprint density at radius 3 is 2.51 bits per heavy atom. The van der Waals surface area contributed by atoms with Crippen LogP contribution in [0, 0.1) is 11.7 Å². The summed E-state index contributed by atoms with van der Waals surface area (Å²) >= 11 is 0. The van der Waals surface area contributed by atoms with Gasteiger partial charge in [-0.25, -0.2) is 9.87 Å². The first kappa shape index (κ1) is 25.6. The molecule has 1 atom stereocenters. The van der Waals surface area contributed by atoms with E-state index in [-0.39, 0.29) is 17.5 Å². The Balaban J connectivity index is 1.37. The molecule has 0 saturated carbocycles. The predicted octanol–water partition coefficient (Wildman–Crippen LogP) is 4.11. The summed E-state index contributed by atoms with van der Waals surface area (Å²) in [6.07, 6.45) is 3.99. The van der Waals surface area contributed by atoms with E-state index in [0.717, 1.165) is 68.9 Å². The molecule has 1 saturated heterocycles. The molecule has 0 radical (unpaired) electrons. The number of halogens is 1. The first-order chi connectivity index (χ1) is 18.0. The molecule has 3 aromatic rings. The van der Waals surface area contributed by atoms with E-state index in [1.54, 1.807) is 23.7 Å². The number of Topliss-reactive ketones (excluding diaryl/α,β-unsaturated/α-hetero) is 1. The molecule has 0 spiro atoms. The van der Waals surface area contributed by atoms with Crippen molar-refractivity contribution in [2.24, 2.45) is 5.92 Å². The van der Waals surface area contributed by atoms with Crippen molar-refractivity contribution in [1.29, 1.82) is 0 Å². The fraction of sp³-hybridized carbons (Fsp3) is 0.448. The number of amides is 1. The molecular weight excluding hydrogens is 471 g/mol. The van der Waals surface area contributed by atoms with Crippen molar-refractivity contribution in [3.05, 3.63) is 70.7 Å². The fourth-order valence-electron chi connectivity index (χ4n) is 5.81. The molecule has 1 aliphatic carbocycles. The van der Waals surface area contributed by atoms with E-state index in [1.807, 2.05) is 12.1 Å². The van der Waals surface area contributed by atoms with E-state index in [9.17, 15) is 14.0 Å². The van der Waals surface area contributed by atoms with Crippen molar-refractivity contribution in [2.75, 3.05) is 39.3 Å². The zero-order chi connectivity index (χ0) is 25.9. The maximum absolute atomic E-state index is 14.3. The number of rotatable bonds is 8. The van der Waals surface area contributed by atoms with Gasteiger partial charge in [-0.05, 0) is 61.7 Å². The van der Waals surface area contributed by atoms with Gasteiger partial charge in [0, 0.05) is 72.9 Å². The third-order valence-electron chi connectivity index (χ3n) is 7.91. The number of piperazine rings is 1. The molecule has 1 aromatic heterocycles. The maximum Gasteiger partial charge on any atom is 0.274 e. The lowest BCUT2D eigenvalue weighted by Crippen LogP contribution is -2.49. The summed E-state index contributed by atoms with van der Waals surface area (Å²) in [7, 11) is 0. The van der Waals surface area contributed by atoms with Gasteiger partial charge >= 0.3 is 0 Å². The van der Waals surface area contributed by atoms with Gasteiger partial charge in [-0.3, -0.25) is 14.8 Å². The summed E-state index contributed by atoms with van der Waals surface area (Å²) < 4.78 is 16.4. The largest absolute Gasteiger partial charge is 0.339 e. The van der Waals surface area contributed by atoms with Crippen LogP contribution in [0.15, 0.2) is 42.5 Å². The molecule has 2 heterocycles. The molecule has 5 rings (SSSR count). The Kier molecular flexibility index (Phi) is 7.69. The van der Waals surface area contributed by atoms with Crippen molar-refractivity contribution < 1.29 is 19.2 Å². The second-order valence-corrected chi connectivity index (χ2v) is 10.3. The monoisotopic (exact) mass is 506 g/mol. The predicted molar refractivity (Wildman–Crippen MR) is 141 cm³/mol. The Morgan fingerprint density at radius 2 is 1.81 bits per heavy atom. The zero-order valence-electron chi connectivity index (χ0n) is 21.4. The van der Waals surface area contributed by atoms with Gasteiger partial charge in [-0.2, -0.15) is 0 Å². The first-order valence-electron chi connectivity index (χ1n) is 13.3. The van der Waals surface area contributed by atoms with Crippen LogP contribution >= 0.6 is 0 Å². The number of nitrogens with one attached hydrogen (secondary N) is 1. The quantitative estimate of drug-likeness (QED) is 0.355. The summed E-state index contributed by atoms with van der Waals surface area (Å²) in [6.45, 7) is 8.72. The molecule has 37 heavy (non-hydrogen) atoms. The van der Waals surface area contributed by atoms with Gasteiger partial charge < -0.3 is 14.4 Å². The number of hydrogen-bond acceptors (Lipinski definition) is 5. The van der Waals surface area contributed by atoms with Crippen LogP contribution in [0.3, 0.4) is 0 Å². The van der Waals surface area contributed by atoms with E-state index in [2.05, 4.69) is 21.3 Å². The van der Waals surface area contributed by atoms with Crippen LogP contribution in [0.1, 0.15) is 58.2 Å². The molecule has 2 aliphatic rings. The standard InChI is InChI=1S/C29H35FN4O3/c1-2-3-12-32-13-15-33(16-14-32)19-22-8-10-26-27(28(22)35)24-17-23(30)9-11-25(24)34(26)18-20-4-6-21(7-5-20)29(36)31-37/h4-7,9,11,17,22,37H,2-3,8,10,12-16,18-19H2,1H3,(H,31,36). The van der Waals surface area contributed by atoms with Crippen LogP contribution in [0.2, 0.25) is 0 Å². The topological polar surface area (TPSA) is 77.8 Å². The number of hydrogen-bond donors (Lipinski definition) is 2. The number of carbonyl (C=O) groups excluding carboxylic acids is 2. The van der Waals surface area contributed by atoms with Crippen LogP contribution in [0.5, 0.6) is 0 Å². The van der Waals surface area contributed by atoms with E-state index >= 15 is 0 Å². The normalized spacial score (nSPS) is 18.8. The Labute approximate surface area is 216 Å². The van der Waals surface area contributed by atoms with E-state index in [4.69, 9.17) is 5.21 Å². The number of unbranched alkanes of at least 4 members (excludes halogenated alkanes) is 1. The molecule has 2 aromatic carbocycles. The molecule has 1 amide bonds. The fourth-order valence-corrected chi connectivity index (χ4v) is 5.81. The van der Waals surface area contributed by atoms with Crippen LogP contribution in [-0.2, 0) is 13.0 Å². The second-order valence-electron chi connectivity index (χ2n) is 10.3. The molecule has 1 unspecified atom stereocenters. The SMILES string of the molecule is CCCCN1CCN(CC2CCc3c(c4cc(F)ccc4n3Cc3ccc(C(=O)NO)cc3)C2=O)CC1. The highest BCUT2D eigenvalue weighted by Gasteiger charge is 2.34. The minimum absolute atomic E-state index is 0.0757. The highest BCUT2D eigenvalue weighted by Crippen LogP contribution is 2.36. The molecular formula is C29H35FN4O3. The number of carbonyl (C=O) groups is 2. The minimum atomic E-state index is -0.565. The number of benzene rings is 2. The van der Waals surface area contributed by atoms with Gasteiger partial charge in [0.25, 0.3) is 5.91 Å². The van der Waals surface area contributed by atoms with Gasteiger partial charge in [0.05, 0.1) is 0 Å².